The maximum atomic E-state index is 11.8. The average Bonchev–Trinajstić information content (AvgIpc) is 2.99. The van der Waals surface area contributed by atoms with Gasteiger partial charge in [-0.1, -0.05) is 13.0 Å². The van der Waals surface area contributed by atoms with Crippen molar-refractivity contribution in [3.63, 3.8) is 0 Å². The molecular weight excluding hydrogens is 252 g/mol. The van der Waals surface area contributed by atoms with E-state index in [1.807, 2.05) is 43.3 Å². The quantitative estimate of drug-likeness (QED) is 0.845. The van der Waals surface area contributed by atoms with E-state index in [0.29, 0.717) is 12.1 Å². The molecule has 0 spiro atoms. The number of furan rings is 1. The van der Waals surface area contributed by atoms with Gasteiger partial charge in [-0.05, 0) is 43.7 Å². The molecule has 4 heteroatoms. The van der Waals surface area contributed by atoms with Crippen molar-refractivity contribution in [2.24, 2.45) is 0 Å². The topological polar surface area (TPSA) is 54.3 Å². The van der Waals surface area contributed by atoms with Crippen LogP contribution in [0.4, 0.5) is 5.69 Å². The normalized spacial score (nSPS) is 11.9. The molecule has 1 heterocycles. The Morgan fingerprint density at radius 1 is 1.25 bits per heavy atom. The molecule has 0 aliphatic carbocycles. The van der Waals surface area contributed by atoms with Gasteiger partial charge in [0.1, 0.15) is 5.76 Å². The van der Waals surface area contributed by atoms with Gasteiger partial charge in [0.2, 0.25) is 0 Å². The van der Waals surface area contributed by atoms with Crippen LogP contribution in [0.15, 0.2) is 47.1 Å². The number of benzene rings is 1. The van der Waals surface area contributed by atoms with Gasteiger partial charge in [-0.2, -0.15) is 0 Å². The van der Waals surface area contributed by atoms with Gasteiger partial charge in [-0.25, -0.2) is 0 Å². The number of rotatable bonds is 6. The highest BCUT2D eigenvalue weighted by molar-refractivity contribution is 5.95. The molecule has 0 fully saturated rings. The summed E-state index contributed by atoms with van der Waals surface area (Å²) in [6, 6.07) is 11.4. The van der Waals surface area contributed by atoms with Crippen molar-refractivity contribution in [1.29, 1.82) is 0 Å². The molecule has 0 saturated carbocycles. The lowest BCUT2D eigenvalue weighted by Crippen LogP contribution is -2.22. The lowest BCUT2D eigenvalue weighted by molar-refractivity contribution is 0.0956. The number of hydrogen-bond donors (Lipinski definition) is 2. The smallest absolute Gasteiger partial charge is 0.251 e. The molecule has 0 radical (unpaired) electrons. The van der Waals surface area contributed by atoms with E-state index in [-0.39, 0.29) is 11.9 Å². The molecule has 4 nitrogen and oxygen atoms in total. The largest absolute Gasteiger partial charge is 0.467 e. The van der Waals surface area contributed by atoms with Crippen LogP contribution in [0.25, 0.3) is 0 Å². The maximum absolute atomic E-state index is 11.8. The van der Waals surface area contributed by atoms with Crippen LogP contribution in [-0.2, 0) is 0 Å². The SMILES string of the molecule is CCNC(=O)c1cccc(NC(CC)c2ccco2)c1. The first-order valence-corrected chi connectivity index (χ1v) is 6.92. The fraction of sp³-hybridized carbons (Fsp3) is 0.312. The van der Waals surface area contributed by atoms with Crippen molar-refractivity contribution in [3.8, 4) is 0 Å². The number of carbonyl (C=O) groups excluding carboxylic acids is 1. The van der Waals surface area contributed by atoms with Gasteiger partial charge >= 0.3 is 0 Å². The fourth-order valence-electron chi connectivity index (χ4n) is 2.08. The Morgan fingerprint density at radius 2 is 2.10 bits per heavy atom. The Hall–Kier alpha value is -2.23. The van der Waals surface area contributed by atoms with E-state index < -0.39 is 0 Å². The average molecular weight is 272 g/mol. The van der Waals surface area contributed by atoms with Gasteiger partial charge in [-0.15, -0.1) is 0 Å². The third-order valence-corrected chi connectivity index (χ3v) is 3.10. The van der Waals surface area contributed by atoms with E-state index in [9.17, 15) is 4.79 Å². The molecule has 1 unspecified atom stereocenters. The Balaban J connectivity index is 2.13. The first-order chi connectivity index (χ1) is 9.74. The van der Waals surface area contributed by atoms with Crippen LogP contribution in [0.3, 0.4) is 0 Å². The number of carbonyl (C=O) groups is 1. The lowest BCUT2D eigenvalue weighted by Gasteiger charge is -2.16. The molecule has 2 aromatic rings. The van der Waals surface area contributed by atoms with Crippen molar-refractivity contribution in [3.05, 3.63) is 54.0 Å². The van der Waals surface area contributed by atoms with Crippen LogP contribution in [0.2, 0.25) is 0 Å². The third-order valence-electron chi connectivity index (χ3n) is 3.10. The summed E-state index contributed by atoms with van der Waals surface area (Å²) in [5, 5.41) is 6.19. The summed E-state index contributed by atoms with van der Waals surface area (Å²) in [5.74, 6) is 0.845. The zero-order valence-corrected chi connectivity index (χ0v) is 11.8. The van der Waals surface area contributed by atoms with Crippen molar-refractivity contribution in [2.75, 3.05) is 11.9 Å². The summed E-state index contributed by atoms with van der Waals surface area (Å²) in [4.78, 5) is 11.8. The Bertz CT molecular complexity index is 549. The molecule has 1 atom stereocenters. The molecular formula is C16H20N2O2. The van der Waals surface area contributed by atoms with Crippen LogP contribution >= 0.6 is 0 Å². The van der Waals surface area contributed by atoms with Gasteiger partial charge in [-0.3, -0.25) is 4.79 Å². The minimum absolute atomic E-state index is 0.0535. The van der Waals surface area contributed by atoms with Crippen molar-refractivity contribution in [1.82, 2.24) is 5.32 Å². The minimum atomic E-state index is -0.0535. The van der Waals surface area contributed by atoms with Gasteiger partial charge in [0.25, 0.3) is 5.91 Å². The Kier molecular flexibility index (Phi) is 4.82. The molecule has 0 saturated heterocycles. The second-order valence-electron chi connectivity index (χ2n) is 4.56. The number of hydrogen-bond acceptors (Lipinski definition) is 3. The molecule has 1 aromatic carbocycles. The zero-order valence-electron chi connectivity index (χ0n) is 11.8. The lowest BCUT2D eigenvalue weighted by atomic mass is 10.1. The number of amides is 1. The summed E-state index contributed by atoms with van der Waals surface area (Å²) in [7, 11) is 0. The van der Waals surface area contributed by atoms with Gasteiger partial charge < -0.3 is 15.1 Å². The monoisotopic (exact) mass is 272 g/mol. The first kappa shape index (κ1) is 14.2. The van der Waals surface area contributed by atoms with E-state index >= 15 is 0 Å². The molecule has 1 aromatic heterocycles. The van der Waals surface area contributed by atoms with Gasteiger partial charge in [0.05, 0.1) is 12.3 Å². The standard InChI is InChI=1S/C16H20N2O2/c1-3-14(15-9-6-10-20-15)18-13-8-5-7-12(11-13)16(19)17-4-2/h5-11,14,18H,3-4H2,1-2H3,(H,17,19). The van der Waals surface area contributed by atoms with Crippen LogP contribution in [0.1, 0.15) is 42.4 Å². The maximum Gasteiger partial charge on any atom is 0.251 e. The second kappa shape index (κ2) is 6.80. The minimum Gasteiger partial charge on any atom is -0.467 e. The van der Waals surface area contributed by atoms with Crippen LogP contribution in [-0.4, -0.2) is 12.5 Å². The van der Waals surface area contributed by atoms with Crippen molar-refractivity contribution >= 4 is 11.6 Å². The van der Waals surface area contributed by atoms with E-state index in [1.165, 1.54) is 0 Å². The van der Waals surface area contributed by atoms with Crippen molar-refractivity contribution < 1.29 is 9.21 Å². The predicted molar refractivity (Wildman–Crippen MR) is 79.8 cm³/mol. The molecule has 20 heavy (non-hydrogen) atoms. The fourth-order valence-corrected chi connectivity index (χ4v) is 2.08. The highest BCUT2D eigenvalue weighted by Crippen LogP contribution is 2.23. The van der Waals surface area contributed by atoms with E-state index in [0.717, 1.165) is 17.9 Å². The van der Waals surface area contributed by atoms with Crippen LogP contribution in [0, 0.1) is 0 Å². The zero-order chi connectivity index (χ0) is 14.4. The number of nitrogens with one attached hydrogen (secondary N) is 2. The molecule has 106 valence electrons. The Labute approximate surface area is 119 Å². The summed E-state index contributed by atoms with van der Waals surface area (Å²) in [6.45, 7) is 4.62. The van der Waals surface area contributed by atoms with Crippen LogP contribution in [0.5, 0.6) is 0 Å². The highest BCUT2D eigenvalue weighted by Gasteiger charge is 2.12. The number of anilines is 1. The summed E-state index contributed by atoms with van der Waals surface area (Å²) >= 11 is 0. The molecule has 1 amide bonds. The van der Waals surface area contributed by atoms with Crippen molar-refractivity contribution in [2.45, 2.75) is 26.3 Å². The molecule has 0 bridgehead atoms. The third kappa shape index (κ3) is 3.41. The molecule has 0 aliphatic rings. The van der Waals surface area contributed by atoms with Gasteiger partial charge in [0, 0.05) is 17.8 Å². The molecule has 0 aliphatic heterocycles. The van der Waals surface area contributed by atoms with E-state index in [4.69, 9.17) is 4.42 Å². The molecule has 2 rings (SSSR count). The Morgan fingerprint density at radius 3 is 2.75 bits per heavy atom. The summed E-state index contributed by atoms with van der Waals surface area (Å²) in [5.41, 5.74) is 1.57. The summed E-state index contributed by atoms with van der Waals surface area (Å²) < 4.78 is 5.43. The van der Waals surface area contributed by atoms with E-state index in [2.05, 4.69) is 17.6 Å². The summed E-state index contributed by atoms with van der Waals surface area (Å²) in [6.07, 6.45) is 2.57. The predicted octanol–water partition coefficient (Wildman–Crippen LogP) is 3.59. The van der Waals surface area contributed by atoms with Crippen LogP contribution < -0.4 is 10.6 Å². The first-order valence-electron chi connectivity index (χ1n) is 6.92. The highest BCUT2D eigenvalue weighted by atomic mass is 16.3. The second-order valence-corrected chi connectivity index (χ2v) is 4.56. The van der Waals surface area contributed by atoms with E-state index in [1.54, 1.807) is 6.26 Å². The van der Waals surface area contributed by atoms with Gasteiger partial charge in [0.15, 0.2) is 0 Å². The molecule has 2 N–H and O–H groups in total.